The Morgan fingerprint density at radius 3 is 1.59 bits per heavy atom. The van der Waals surface area contributed by atoms with E-state index in [1.165, 1.54) is 0 Å². The molecule has 0 radical (unpaired) electrons. The van der Waals surface area contributed by atoms with Gasteiger partial charge in [0.1, 0.15) is 17.6 Å². The van der Waals surface area contributed by atoms with Crippen molar-refractivity contribution in [3.8, 4) is 33.8 Å². The maximum atomic E-state index is 11.1. The minimum Gasteiger partial charge on any atom is -0.507 e. The van der Waals surface area contributed by atoms with Crippen LogP contribution in [0.3, 0.4) is 0 Å². The number of rotatable bonds is 5. The summed E-state index contributed by atoms with van der Waals surface area (Å²) < 4.78 is 5.21. The van der Waals surface area contributed by atoms with Crippen LogP contribution in [0.1, 0.15) is 17.2 Å². The third-order valence-corrected chi connectivity index (χ3v) is 5.05. The first-order valence-electron chi connectivity index (χ1n) is 9.47. The second-order valence-electron chi connectivity index (χ2n) is 6.87. The Morgan fingerprint density at radius 1 is 0.655 bits per heavy atom. The third-order valence-electron chi connectivity index (χ3n) is 5.05. The van der Waals surface area contributed by atoms with Crippen LogP contribution in [0.25, 0.3) is 22.3 Å². The molecule has 0 amide bonds. The van der Waals surface area contributed by atoms with Gasteiger partial charge in [-0.3, -0.25) is 0 Å². The fourth-order valence-corrected chi connectivity index (χ4v) is 3.47. The predicted octanol–water partition coefficient (Wildman–Crippen LogP) is 5.82. The van der Waals surface area contributed by atoms with Crippen molar-refractivity contribution in [1.29, 1.82) is 0 Å². The molecular formula is C26H22O3. The summed E-state index contributed by atoms with van der Waals surface area (Å²) >= 11 is 0. The van der Waals surface area contributed by atoms with E-state index in [-0.39, 0.29) is 5.75 Å². The van der Waals surface area contributed by atoms with Crippen LogP contribution in [0.4, 0.5) is 0 Å². The maximum Gasteiger partial charge on any atom is 0.131 e. The fourth-order valence-electron chi connectivity index (χ4n) is 3.47. The van der Waals surface area contributed by atoms with Crippen LogP contribution in [-0.4, -0.2) is 17.3 Å². The Labute approximate surface area is 170 Å². The van der Waals surface area contributed by atoms with Gasteiger partial charge in [-0.25, -0.2) is 0 Å². The quantitative estimate of drug-likeness (QED) is 0.457. The summed E-state index contributed by atoms with van der Waals surface area (Å²) in [5.41, 5.74) is 4.64. The van der Waals surface area contributed by atoms with Gasteiger partial charge in [-0.05, 0) is 46.5 Å². The summed E-state index contributed by atoms with van der Waals surface area (Å²) in [5.74, 6) is 0.940. The second kappa shape index (κ2) is 8.21. The van der Waals surface area contributed by atoms with Crippen LogP contribution >= 0.6 is 0 Å². The van der Waals surface area contributed by atoms with Gasteiger partial charge in [-0.1, -0.05) is 72.8 Å². The molecule has 4 aromatic rings. The number of benzene rings is 4. The largest absolute Gasteiger partial charge is 0.507 e. The number of hydrogen-bond acceptors (Lipinski definition) is 3. The summed E-state index contributed by atoms with van der Waals surface area (Å²) in [5, 5.41) is 22.1. The van der Waals surface area contributed by atoms with Crippen molar-refractivity contribution in [1.82, 2.24) is 0 Å². The minimum absolute atomic E-state index is 0.202. The number of ether oxygens (including phenoxy) is 1. The van der Waals surface area contributed by atoms with E-state index >= 15 is 0 Å². The molecule has 3 nitrogen and oxygen atoms in total. The van der Waals surface area contributed by atoms with E-state index in [0.717, 1.165) is 22.4 Å². The van der Waals surface area contributed by atoms with Crippen LogP contribution < -0.4 is 4.74 Å². The lowest BCUT2D eigenvalue weighted by Gasteiger charge is -2.18. The van der Waals surface area contributed by atoms with Crippen molar-refractivity contribution in [2.75, 3.05) is 7.11 Å². The maximum absolute atomic E-state index is 11.1. The number of aliphatic hydroxyl groups is 1. The Bertz CT molecular complexity index is 1030. The molecule has 0 bridgehead atoms. The molecule has 144 valence electrons. The molecular weight excluding hydrogens is 360 g/mol. The van der Waals surface area contributed by atoms with Gasteiger partial charge in [-0.15, -0.1) is 0 Å². The van der Waals surface area contributed by atoms with Gasteiger partial charge in [0.05, 0.1) is 7.11 Å². The number of phenolic OH excluding ortho intramolecular Hbond substituents is 1. The van der Waals surface area contributed by atoms with Crippen LogP contribution in [0, 0.1) is 0 Å². The molecule has 0 spiro atoms. The zero-order valence-corrected chi connectivity index (χ0v) is 16.1. The molecule has 0 heterocycles. The van der Waals surface area contributed by atoms with E-state index in [0.29, 0.717) is 16.7 Å². The lowest BCUT2D eigenvalue weighted by atomic mass is 9.91. The highest BCUT2D eigenvalue weighted by atomic mass is 16.5. The van der Waals surface area contributed by atoms with Crippen molar-refractivity contribution in [2.24, 2.45) is 0 Å². The first kappa shape index (κ1) is 18.8. The van der Waals surface area contributed by atoms with Crippen LogP contribution in [-0.2, 0) is 0 Å². The highest BCUT2D eigenvalue weighted by Gasteiger charge is 2.18. The van der Waals surface area contributed by atoms with Crippen LogP contribution in [0.2, 0.25) is 0 Å². The lowest BCUT2D eigenvalue weighted by Crippen LogP contribution is -2.01. The molecule has 1 atom stereocenters. The van der Waals surface area contributed by atoms with Crippen LogP contribution in [0.5, 0.6) is 11.5 Å². The number of aliphatic hydroxyl groups excluding tert-OH is 1. The SMILES string of the molecule is COc1ccc(C(O)c2cc(-c3ccccc3)c(O)c(-c3ccccc3)c2)cc1. The molecule has 3 heteroatoms. The highest BCUT2D eigenvalue weighted by Crippen LogP contribution is 2.41. The van der Waals surface area contributed by atoms with Gasteiger partial charge in [0.2, 0.25) is 0 Å². The zero-order valence-electron chi connectivity index (χ0n) is 16.1. The Balaban J connectivity index is 1.87. The molecule has 0 saturated heterocycles. The Hall–Kier alpha value is -3.56. The van der Waals surface area contributed by atoms with Gasteiger partial charge < -0.3 is 14.9 Å². The molecule has 1 unspecified atom stereocenters. The summed E-state index contributed by atoms with van der Waals surface area (Å²) in [6, 6.07) is 30.5. The van der Waals surface area contributed by atoms with E-state index in [1.807, 2.05) is 97.1 Å². The summed E-state index contributed by atoms with van der Waals surface area (Å²) in [6.07, 6.45) is -0.827. The Kier molecular flexibility index (Phi) is 5.32. The molecule has 4 aromatic carbocycles. The summed E-state index contributed by atoms with van der Waals surface area (Å²) in [7, 11) is 1.61. The van der Waals surface area contributed by atoms with Crippen molar-refractivity contribution in [2.45, 2.75) is 6.10 Å². The van der Waals surface area contributed by atoms with E-state index < -0.39 is 6.10 Å². The minimum atomic E-state index is -0.827. The second-order valence-corrected chi connectivity index (χ2v) is 6.87. The average molecular weight is 382 g/mol. The first-order chi connectivity index (χ1) is 14.2. The van der Waals surface area contributed by atoms with Crippen molar-refractivity contribution in [3.63, 3.8) is 0 Å². The third kappa shape index (κ3) is 3.86. The van der Waals surface area contributed by atoms with E-state index in [1.54, 1.807) is 7.11 Å². The summed E-state index contributed by atoms with van der Waals surface area (Å²) in [6.45, 7) is 0. The van der Waals surface area contributed by atoms with E-state index in [2.05, 4.69) is 0 Å². The van der Waals surface area contributed by atoms with Gasteiger partial charge in [0, 0.05) is 11.1 Å². The van der Waals surface area contributed by atoms with Crippen molar-refractivity contribution >= 4 is 0 Å². The lowest BCUT2D eigenvalue weighted by molar-refractivity contribution is 0.220. The van der Waals surface area contributed by atoms with E-state index in [4.69, 9.17) is 4.74 Å². The van der Waals surface area contributed by atoms with Gasteiger partial charge in [0.25, 0.3) is 0 Å². The predicted molar refractivity (Wildman–Crippen MR) is 116 cm³/mol. The molecule has 0 aromatic heterocycles. The first-order valence-corrected chi connectivity index (χ1v) is 9.47. The molecule has 29 heavy (non-hydrogen) atoms. The topological polar surface area (TPSA) is 49.7 Å². The number of hydrogen-bond donors (Lipinski definition) is 2. The normalized spacial score (nSPS) is 11.8. The Morgan fingerprint density at radius 2 is 1.14 bits per heavy atom. The monoisotopic (exact) mass is 382 g/mol. The standard InChI is InChI=1S/C26H22O3/c1-29-22-14-12-20(13-15-22)25(27)21-16-23(18-8-4-2-5-9-18)26(28)24(17-21)19-10-6-3-7-11-19/h2-17,25,27-28H,1H3. The summed E-state index contributed by atoms with van der Waals surface area (Å²) in [4.78, 5) is 0. The molecule has 2 N–H and O–H groups in total. The highest BCUT2D eigenvalue weighted by molar-refractivity contribution is 5.83. The zero-order chi connectivity index (χ0) is 20.2. The van der Waals surface area contributed by atoms with Gasteiger partial charge in [0.15, 0.2) is 0 Å². The smallest absolute Gasteiger partial charge is 0.131 e. The molecule has 0 saturated carbocycles. The number of methoxy groups -OCH3 is 1. The van der Waals surface area contributed by atoms with Crippen LogP contribution in [0.15, 0.2) is 97.1 Å². The average Bonchev–Trinajstić information content (AvgIpc) is 2.80. The van der Waals surface area contributed by atoms with Gasteiger partial charge in [-0.2, -0.15) is 0 Å². The molecule has 0 aliphatic rings. The molecule has 4 rings (SSSR count). The van der Waals surface area contributed by atoms with Crippen molar-refractivity contribution < 1.29 is 14.9 Å². The molecule has 0 aliphatic carbocycles. The fraction of sp³-hybridized carbons (Fsp3) is 0.0769. The molecule has 0 aliphatic heterocycles. The number of phenols is 1. The number of aromatic hydroxyl groups is 1. The van der Waals surface area contributed by atoms with Crippen molar-refractivity contribution in [3.05, 3.63) is 108 Å². The van der Waals surface area contributed by atoms with Gasteiger partial charge >= 0.3 is 0 Å². The molecule has 0 fully saturated rings. The van der Waals surface area contributed by atoms with E-state index in [9.17, 15) is 10.2 Å².